The van der Waals surface area contributed by atoms with Gasteiger partial charge in [0.2, 0.25) is 0 Å². The lowest BCUT2D eigenvalue weighted by molar-refractivity contribution is -0.192. The van der Waals surface area contributed by atoms with E-state index in [1.54, 1.807) is 6.33 Å². The fourth-order valence-corrected chi connectivity index (χ4v) is 3.63. The number of H-pyrrole nitrogens is 1. The maximum Gasteiger partial charge on any atom is 0.137 e. The number of nitrogens with zero attached hydrogens (tertiary/aromatic N) is 2. The van der Waals surface area contributed by atoms with Crippen molar-refractivity contribution < 1.29 is 4.74 Å². The largest absolute Gasteiger partial charge is 0.377 e. The predicted octanol–water partition coefficient (Wildman–Crippen LogP) is 1.14. The molecular weight excluding hydrogens is 228 g/mol. The van der Waals surface area contributed by atoms with E-state index >= 15 is 0 Å². The van der Waals surface area contributed by atoms with Gasteiger partial charge in [0.15, 0.2) is 0 Å². The molecule has 0 amide bonds. The molecule has 2 heterocycles. The summed E-state index contributed by atoms with van der Waals surface area (Å²) in [5, 5.41) is 10.4. The van der Waals surface area contributed by atoms with Crippen LogP contribution >= 0.6 is 0 Å². The Labute approximate surface area is 108 Å². The molecule has 5 heteroatoms. The minimum Gasteiger partial charge on any atom is -0.377 e. The monoisotopic (exact) mass is 250 g/mol. The molecule has 1 saturated heterocycles. The quantitative estimate of drug-likeness (QED) is 0.841. The fourth-order valence-electron chi connectivity index (χ4n) is 3.63. The van der Waals surface area contributed by atoms with E-state index in [4.69, 9.17) is 4.74 Å². The molecule has 100 valence electrons. The summed E-state index contributed by atoms with van der Waals surface area (Å²) in [5.41, 5.74) is 0.256. The molecule has 5 nitrogen and oxygen atoms in total. The van der Waals surface area contributed by atoms with Gasteiger partial charge in [-0.2, -0.15) is 5.10 Å². The molecule has 1 aliphatic carbocycles. The summed E-state index contributed by atoms with van der Waals surface area (Å²) in [5.74, 6) is 1.65. The van der Waals surface area contributed by atoms with Crippen molar-refractivity contribution in [2.45, 2.75) is 45.3 Å². The summed E-state index contributed by atoms with van der Waals surface area (Å²) in [6.45, 7) is 6.51. The zero-order valence-electron chi connectivity index (χ0n) is 11.1. The zero-order valence-corrected chi connectivity index (χ0v) is 11.1. The minimum atomic E-state index is 0.256. The first-order chi connectivity index (χ1) is 8.69. The van der Waals surface area contributed by atoms with Crippen molar-refractivity contribution in [3.63, 3.8) is 0 Å². The molecule has 0 spiro atoms. The molecule has 2 N–H and O–H groups in total. The van der Waals surface area contributed by atoms with E-state index in [2.05, 4.69) is 34.3 Å². The predicted molar refractivity (Wildman–Crippen MR) is 68.1 cm³/mol. The summed E-state index contributed by atoms with van der Waals surface area (Å²) in [6, 6.07) is 0.575. The highest BCUT2D eigenvalue weighted by atomic mass is 16.5. The number of ether oxygens (including phenoxy) is 1. The Balaban J connectivity index is 1.53. The van der Waals surface area contributed by atoms with Gasteiger partial charge in [0, 0.05) is 36.9 Å². The second kappa shape index (κ2) is 4.63. The van der Waals surface area contributed by atoms with Gasteiger partial charge in [0.1, 0.15) is 12.2 Å². The maximum atomic E-state index is 5.91. The highest BCUT2D eigenvalue weighted by Gasteiger charge is 2.57. The van der Waals surface area contributed by atoms with Gasteiger partial charge in [-0.15, -0.1) is 0 Å². The van der Waals surface area contributed by atoms with Crippen molar-refractivity contribution in [1.29, 1.82) is 0 Å². The first-order valence-corrected chi connectivity index (χ1v) is 6.89. The van der Waals surface area contributed by atoms with Crippen LogP contribution in [0.15, 0.2) is 6.33 Å². The first kappa shape index (κ1) is 12.1. The number of fused-ring (bicyclic) bond motifs is 1. The SMILES string of the molecule is CC1(C)C(NCCc2ncn[nH]2)C2CCCOC21. The molecule has 1 saturated carbocycles. The van der Waals surface area contributed by atoms with E-state index in [1.165, 1.54) is 12.8 Å². The highest BCUT2D eigenvalue weighted by molar-refractivity contribution is 5.10. The van der Waals surface area contributed by atoms with Crippen LogP contribution in [0.4, 0.5) is 0 Å². The fraction of sp³-hybridized carbons (Fsp3) is 0.846. The second-order valence-electron chi connectivity index (χ2n) is 6.03. The number of hydrogen-bond acceptors (Lipinski definition) is 4. The molecular formula is C13H22N4O. The van der Waals surface area contributed by atoms with Crippen LogP contribution < -0.4 is 5.32 Å². The van der Waals surface area contributed by atoms with Gasteiger partial charge in [0.05, 0.1) is 6.10 Å². The van der Waals surface area contributed by atoms with Crippen molar-refractivity contribution in [3.05, 3.63) is 12.2 Å². The highest BCUT2D eigenvalue weighted by Crippen LogP contribution is 2.51. The van der Waals surface area contributed by atoms with Gasteiger partial charge >= 0.3 is 0 Å². The molecule has 3 atom stereocenters. The molecule has 2 aliphatic rings. The van der Waals surface area contributed by atoms with Crippen molar-refractivity contribution in [1.82, 2.24) is 20.5 Å². The van der Waals surface area contributed by atoms with Crippen LogP contribution in [0.2, 0.25) is 0 Å². The lowest BCUT2D eigenvalue weighted by Gasteiger charge is -2.60. The van der Waals surface area contributed by atoms with Gasteiger partial charge in [-0.25, -0.2) is 4.98 Å². The van der Waals surface area contributed by atoms with Crippen molar-refractivity contribution >= 4 is 0 Å². The average molecular weight is 250 g/mol. The van der Waals surface area contributed by atoms with Crippen LogP contribution in [-0.4, -0.2) is 40.5 Å². The topological polar surface area (TPSA) is 62.8 Å². The van der Waals surface area contributed by atoms with E-state index < -0.39 is 0 Å². The number of aromatic amines is 1. The number of aromatic nitrogens is 3. The molecule has 3 unspecified atom stereocenters. The summed E-state index contributed by atoms with van der Waals surface area (Å²) in [4.78, 5) is 4.14. The van der Waals surface area contributed by atoms with Gasteiger partial charge in [-0.05, 0) is 12.8 Å². The Bertz CT molecular complexity index is 390. The Kier molecular flexibility index (Phi) is 3.11. The molecule has 3 rings (SSSR count). The standard InChI is InChI=1S/C13H22N4O/c1-13(2)11(9-4-3-7-18-12(9)13)14-6-5-10-15-8-16-17-10/h8-9,11-12,14H,3-7H2,1-2H3,(H,15,16,17). The molecule has 1 aromatic rings. The second-order valence-corrected chi connectivity index (χ2v) is 6.03. The lowest BCUT2D eigenvalue weighted by atomic mass is 9.55. The summed E-state index contributed by atoms with van der Waals surface area (Å²) in [7, 11) is 0. The molecule has 1 aromatic heterocycles. The smallest absolute Gasteiger partial charge is 0.137 e. The minimum absolute atomic E-state index is 0.256. The third kappa shape index (κ3) is 1.95. The molecule has 18 heavy (non-hydrogen) atoms. The normalized spacial score (nSPS) is 33.8. The Morgan fingerprint density at radius 2 is 2.44 bits per heavy atom. The van der Waals surface area contributed by atoms with Gasteiger partial charge in [-0.3, -0.25) is 5.10 Å². The van der Waals surface area contributed by atoms with Gasteiger partial charge in [0.25, 0.3) is 0 Å². The Morgan fingerprint density at radius 3 is 3.22 bits per heavy atom. The summed E-state index contributed by atoms with van der Waals surface area (Å²) < 4.78 is 5.91. The zero-order chi connectivity index (χ0) is 12.6. The van der Waals surface area contributed by atoms with E-state index in [0.717, 1.165) is 25.4 Å². The van der Waals surface area contributed by atoms with Crippen LogP contribution in [0.5, 0.6) is 0 Å². The molecule has 0 radical (unpaired) electrons. The van der Waals surface area contributed by atoms with E-state index in [0.29, 0.717) is 18.1 Å². The van der Waals surface area contributed by atoms with Crippen molar-refractivity contribution in [3.8, 4) is 0 Å². The van der Waals surface area contributed by atoms with Crippen LogP contribution in [-0.2, 0) is 11.2 Å². The summed E-state index contributed by atoms with van der Waals surface area (Å²) >= 11 is 0. The number of nitrogens with one attached hydrogen (secondary N) is 2. The Morgan fingerprint density at radius 1 is 1.56 bits per heavy atom. The van der Waals surface area contributed by atoms with E-state index in [1.807, 2.05) is 0 Å². The first-order valence-electron chi connectivity index (χ1n) is 6.89. The van der Waals surface area contributed by atoms with Crippen molar-refractivity contribution in [2.75, 3.05) is 13.2 Å². The molecule has 0 bridgehead atoms. The van der Waals surface area contributed by atoms with Crippen molar-refractivity contribution in [2.24, 2.45) is 11.3 Å². The van der Waals surface area contributed by atoms with Crippen LogP contribution in [0.3, 0.4) is 0 Å². The Hall–Kier alpha value is -0.940. The van der Waals surface area contributed by atoms with E-state index in [-0.39, 0.29) is 5.41 Å². The maximum absolute atomic E-state index is 5.91. The lowest BCUT2D eigenvalue weighted by Crippen LogP contribution is -2.69. The van der Waals surface area contributed by atoms with Crippen LogP contribution in [0.25, 0.3) is 0 Å². The van der Waals surface area contributed by atoms with E-state index in [9.17, 15) is 0 Å². The average Bonchev–Trinajstić information content (AvgIpc) is 2.87. The molecule has 2 fully saturated rings. The number of hydrogen-bond donors (Lipinski definition) is 2. The van der Waals surface area contributed by atoms with Crippen LogP contribution in [0, 0.1) is 11.3 Å². The molecule has 0 aromatic carbocycles. The van der Waals surface area contributed by atoms with Crippen LogP contribution in [0.1, 0.15) is 32.5 Å². The third-order valence-corrected chi connectivity index (χ3v) is 4.52. The third-order valence-electron chi connectivity index (χ3n) is 4.52. The van der Waals surface area contributed by atoms with Gasteiger partial charge < -0.3 is 10.1 Å². The summed E-state index contributed by atoms with van der Waals surface area (Å²) in [6.07, 6.45) is 5.43. The van der Waals surface area contributed by atoms with Gasteiger partial charge in [-0.1, -0.05) is 13.8 Å². The number of rotatable bonds is 4. The molecule has 1 aliphatic heterocycles.